The van der Waals surface area contributed by atoms with Gasteiger partial charge >= 0.3 is 5.97 Å². The van der Waals surface area contributed by atoms with Crippen LogP contribution in [0.5, 0.6) is 11.6 Å². The van der Waals surface area contributed by atoms with Crippen LogP contribution in [-0.2, 0) is 30.3 Å². The molecule has 20 nitrogen and oxygen atoms in total. The Balaban J connectivity index is 0.778. The third-order valence-electron chi connectivity index (χ3n) is 11.2. The number of anilines is 2. The highest BCUT2D eigenvalue weighted by Gasteiger charge is 2.45. The third kappa shape index (κ3) is 15.5. The highest BCUT2D eigenvalue weighted by Crippen LogP contribution is 2.40. The number of carboxylic acids is 1. The topological polar surface area (TPSA) is 262 Å². The molecule has 0 unspecified atom stereocenters. The Labute approximate surface area is 412 Å². The molecule has 374 valence electrons. The van der Waals surface area contributed by atoms with Gasteiger partial charge in [-0.1, -0.05) is 32.9 Å². The third-order valence-corrected chi connectivity index (χ3v) is 11.2. The number of hydrogen-bond donors (Lipinski definition) is 4. The molecule has 2 amide bonds. The Bertz CT molecular complexity index is 2640. The van der Waals surface area contributed by atoms with Crippen molar-refractivity contribution in [1.29, 1.82) is 5.26 Å². The fourth-order valence-corrected chi connectivity index (χ4v) is 7.18. The van der Waals surface area contributed by atoms with Gasteiger partial charge in [-0.25, -0.2) is 29.7 Å². The summed E-state index contributed by atoms with van der Waals surface area (Å²) in [7, 11) is 0. The zero-order valence-electron chi connectivity index (χ0n) is 40.6. The molecular weight excluding hydrogens is 913 g/mol. The molecule has 0 radical (unpaired) electrons. The lowest BCUT2D eigenvalue weighted by Crippen LogP contribution is -2.44. The number of ketones is 1. The normalized spacial score (nSPS) is 13.2. The lowest BCUT2D eigenvalue weighted by atomic mass is 9.88. The van der Waals surface area contributed by atoms with Gasteiger partial charge in [-0.05, 0) is 74.6 Å². The van der Waals surface area contributed by atoms with Gasteiger partial charge < -0.3 is 49.6 Å². The van der Waals surface area contributed by atoms with Crippen LogP contribution in [0.25, 0.3) is 11.3 Å². The molecule has 0 fully saturated rings. The fraction of sp³-hybridized carbons (Fsp3) is 0.412. The first-order chi connectivity index (χ1) is 34.1. The summed E-state index contributed by atoms with van der Waals surface area (Å²) in [5, 5.41) is 27.6. The standard InChI is InChI=1S/C51H60N10O10/c1-50(2,3)16-15-41(48(65)66)60-47(64)35-11-14-43(56-30-35)71-38-10-6-8-34(28-38)46(63)54-18-20-67-22-24-69-26-27-70-25-23-68-21-19-55-49-57-31-37(32-58-49)40-13-12-39-44(62)51(4,5)61(45(39)59-40)33-36-9-7-17-53-42(36)29-52/h6-14,17,28,30-32,41H,15-16,18-27,33H2,1-5H3,(H,54,63)(H,60,64)(H,65,66)(H,55,57,58)/t41-/m0/s1. The number of fused-ring (bicyclic) bond motifs is 1. The summed E-state index contributed by atoms with van der Waals surface area (Å²) in [6.45, 7) is 13.8. The minimum Gasteiger partial charge on any atom is -0.480 e. The average Bonchev–Trinajstić information content (AvgIpc) is 3.54. The summed E-state index contributed by atoms with van der Waals surface area (Å²) in [5.41, 5.74) is 2.45. The zero-order chi connectivity index (χ0) is 50.8. The summed E-state index contributed by atoms with van der Waals surface area (Å²) in [4.78, 5) is 74.4. The first kappa shape index (κ1) is 52.9. The van der Waals surface area contributed by atoms with E-state index in [1.807, 2.05) is 45.6 Å². The molecule has 1 atom stereocenters. The second-order valence-corrected chi connectivity index (χ2v) is 18.1. The summed E-state index contributed by atoms with van der Waals surface area (Å²) in [6.07, 6.45) is 7.13. The Hall–Kier alpha value is -7.44. The van der Waals surface area contributed by atoms with Crippen molar-refractivity contribution in [2.45, 2.75) is 65.6 Å². The quantitative estimate of drug-likeness (QED) is 0.0447. The SMILES string of the molecule is CC(C)(C)CC[C@H](NC(=O)c1ccc(Oc2cccc(C(=O)NCCOCCOCCOCCOCCNc3ncc(-c4ccc5c(n4)N(Cc4cccnc4C#N)C(C)(C)C5=O)cn3)c2)nc1)C(=O)O. The second kappa shape index (κ2) is 25.4. The van der Waals surface area contributed by atoms with E-state index in [1.165, 1.54) is 18.3 Å². The maximum Gasteiger partial charge on any atom is 0.326 e. The maximum absolute atomic E-state index is 13.3. The largest absolute Gasteiger partial charge is 0.480 e. The molecule has 5 aromatic rings. The van der Waals surface area contributed by atoms with Crippen LogP contribution in [0.4, 0.5) is 11.8 Å². The van der Waals surface area contributed by atoms with Crippen LogP contribution >= 0.6 is 0 Å². The molecule has 71 heavy (non-hydrogen) atoms. The average molecular weight is 973 g/mol. The van der Waals surface area contributed by atoms with Gasteiger partial charge in [0.25, 0.3) is 11.8 Å². The van der Waals surface area contributed by atoms with E-state index >= 15 is 0 Å². The first-order valence-corrected chi connectivity index (χ1v) is 23.2. The lowest BCUT2D eigenvalue weighted by Gasteiger charge is -2.32. The molecule has 1 aliphatic rings. The number of nitrogens with zero attached hydrogens (tertiary/aromatic N) is 7. The van der Waals surface area contributed by atoms with Crippen LogP contribution in [0.15, 0.2) is 85.5 Å². The van der Waals surface area contributed by atoms with Crippen molar-refractivity contribution in [3.63, 3.8) is 0 Å². The monoisotopic (exact) mass is 972 g/mol. The van der Waals surface area contributed by atoms with Gasteiger partial charge in [0.1, 0.15) is 29.4 Å². The molecule has 5 heterocycles. The number of rotatable bonds is 27. The van der Waals surface area contributed by atoms with E-state index in [9.17, 15) is 29.5 Å². The molecule has 20 heteroatoms. The number of Topliss-reactive ketones (excluding diaryl/α,β-unsaturated/α-hetero) is 1. The Morgan fingerprint density at radius 2 is 1.49 bits per heavy atom. The summed E-state index contributed by atoms with van der Waals surface area (Å²) < 4.78 is 28.1. The Kier molecular flexibility index (Phi) is 19.0. The van der Waals surface area contributed by atoms with Gasteiger partial charge in [-0.15, -0.1) is 0 Å². The minimum absolute atomic E-state index is 0.0470. The van der Waals surface area contributed by atoms with Crippen LogP contribution in [0.1, 0.15) is 89.8 Å². The van der Waals surface area contributed by atoms with Crippen molar-refractivity contribution >= 4 is 35.3 Å². The van der Waals surface area contributed by atoms with E-state index in [1.54, 1.807) is 61.1 Å². The molecule has 4 N–H and O–H groups in total. The Morgan fingerprint density at radius 3 is 2.14 bits per heavy atom. The highest BCUT2D eigenvalue weighted by molar-refractivity contribution is 6.13. The van der Waals surface area contributed by atoms with Gasteiger partial charge in [0, 0.05) is 67.2 Å². The van der Waals surface area contributed by atoms with Crippen LogP contribution in [0.3, 0.4) is 0 Å². The van der Waals surface area contributed by atoms with Crippen molar-refractivity contribution in [3.05, 3.63) is 113 Å². The summed E-state index contributed by atoms with van der Waals surface area (Å²) in [5.74, 6) is -0.486. The number of carboxylic acid groups (broad SMARTS) is 1. The van der Waals surface area contributed by atoms with E-state index in [0.29, 0.717) is 123 Å². The van der Waals surface area contributed by atoms with Crippen molar-refractivity contribution in [2.75, 3.05) is 76.2 Å². The van der Waals surface area contributed by atoms with Crippen LogP contribution in [-0.4, -0.2) is 131 Å². The van der Waals surface area contributed by atoms with Gasteiger partial charge in [0.05, 0.1) is 75.2 Å². The number of pyridine rings is 3. The van der Waals surface area contributed by atoms with E-state index < -0.39 is 23.5 Å². The predicted octanol–water partition coefficient (Wildman–Crippen LogP) is 5.89. The van der Waals surface area contributed by atoms with E-state index in [-0.39, 0.29) is 41.7 Å². The van der Waals surface area contributed by atoms with E-state index in [0.717, 1.165) is 0 Å². The molecule has 0 aliphatic carbocycles. The van der Waals surface area contributed by atoms with E-state index in [2.05, 4.69) is 42.0 Å². The molecule has 0 saturated carbocycles. The smallest absolute Gasteiger partial charge is 0.326 e. The minimum atomic E-state index is -1.10. The number of carbonyl (C=O) groups excluding carboxylic acids is 3. The van der Waals surface area contributed by atoms with Gasteiger partial charge in [-0.2, -0.15) is 5.26 Å². The van der Waals surface area contributed by atoms with Crippen LogP contribution in [0, 0.1) is 16.7 Å². The number of amides is 2. The van der Waals surface area contributed by atoms with Crippen molar-refractivity contribution < 1.29 is 48.0 Å². The number of benzene rings is 1. The number of hydrogen-bond acceptors (Lipinski definition) is 17. The number of aromatic nitrogens is 5. The van der Waals surface area contributed by atoms with Crippen LogP contribution < -0.4 is 25.6 Å². The zero-order valence-corrected chi connectivity index (χ0v) is 40.6. The molecule has 0 spiro atoms. The van der Waals surface area contributed by atoms with Gasteiger partial charge in [0.15, 0.2) is 5.78 Å². The fourth-order valence-electron chi connectivity index (χ4n) is 7.18. The molecule has 1 aromatic carbocycles. The second-order valence-electron chi connectivity index (χ2n) is 18.1. The highest BCUT2D eigenvalue weighted by atomic mass is 16.6. The number of aliphatic carboxylic acids is 1. The maximum atomic E-state index is 13.3. The molecule has 1 aliphatic heterocycles. The Morgan fingerprint density at radius 1 is 0.803 bits per heavy atom. The number of nitrogens with one attached hydrogen (secondary N) is 3. The summed E-state index contributed by atoms with van der Waals surface area (Å²) in [6, 6.07) is 17.8. The molecule has 6 rings (SSSR count). The van der Waals surface area contributed by atoms with Gasteiger partial charge in [-0.3, -0.25) is 14.4 Å². The van der Waals surface area contributed by atoms with Crippen molar-refractivity contribution in [1.82, 2.24) is 35.6 Å². The molecule has 0 saturated heterocycles. The lowest BCUT2D eigenvalue weighted by molar-refractivity contribution is -0.139. The van der Waals surface area contributed by atoms with Gasteiger partial charge in [0.2, 0.25) is 11.8 Å². The molecule has 0 bridgehead atoms. The van der Waals surface area contributed by atoms with Crippen LogP contribution in [0.2, 0.25) is 0 Å². The number of carbonyl (C=O) groups is 4. The molecule has 4 aromatic heterocycles. The number of ether oxygens (including phenoxy) is 5. The first-order valence-electron chi connectivity index (χ1n) is 23.2. The van der Waals surface area contributed by atoms with Crippen molar-refractivity contribution in [2.24, 2.45) is 5.41 Å². The number of nitriles is 1. The predicted molar refractivity (Wildman–Crippen MR) is 261 cm³/mol. The summed E-state index contributed by atoms with van der Waals surface area (Å²) >= 11 is 0. The molecular formula is C51H60N10O10. The van der Waals surface area contributed by atoms with Crippen molar-refractivity contribution in [3.8, 4) is 29.0 Å². The van der Waals surface area contributed by atoms with E-state index in [4.69, 9.17) is 28.7 Å².